The van der Waals surface area contributed by atoms with Gasteiger partial charge in [0.2, 0.25) is 0 Å². The van der Waals surface area contributed by atoms with Crippen LogP contribution in [0.3, 0.4) is 0 Å². The van der Waals surface area contributed by atoms with Gasteiger partial charge in [0.25, 0.3) is 0 Å². The highest BCUT2D eigenvalue weighted by Gasteiger charge is 2.29. The minimum absolute atomic E-state index is 0.711. The summed E-state index contributed by atoms with van der Waals surface area (Å²) in [6.45, 7) is 1.76. The number of rotatable bonds is 9. The first-order chi connectivity index (χ1) is 8.58. The molecule has 0 heterocycles. The molecule has 0 aromatic rings. The third-order valence-corrected chi connectivity index (χ3v) is 5.35. The van der Waals surface area contributed by atoms with Crippen LogP contribution in [0.2, 0.25) is 0 Å². The van der Waals surface area contributed by atoms with Gasteiger partial charge in [0.05, 0.1) is 0 Å². The Kier molecular flexibility index (Phi) is 7.08. The smallest absolute Gasteiger partial charge is 0.323 e. The number of carboxylic acids is 1. The molecule has 0 aromatic carbocycles. The molecule has 0 amide bonds. The van der Waals surface area contributed by atoms with E-state index in [1.165, 1.54) is 37.2 Å². The average molecular weight is 273 g/mol. The molecule has 1 aliphatic rings. The van der Waals surface area contributed by atoms with Gasteiger partial charge in [-0.05, 0) is 57.1 Å². The Morgan fingerprint density at radius 2 is 2.06 bits per heavy atom. The number of likely N-dealkylation sites (N-methyl/N-ethyl adjacent to an activating group) is 1. The third kappa shape index (κ3) is 5.19. The number of carboxylic acid groups (broad SMARTS) is 1. The van der Waals surface area contributed by atoms with E-state index < -0.39 is 11.5 Å². The van der Waals surface area contributed by atoms with Crippen molar-refractivity contribution < 1.29 is 9.90 Å². The fraction of sp³-hybridized carbons (Fsp3) is 0.929. The van der Waals surface area contributed by atoms with E-state index in [4.69, 9.17) is 5.11 Å². The van der Waals surface area contributed by atoms with Crippen LogP contribution < -0.4 is 5.32 Å². The average Bonchev–Trinajstić information content (AvgIpc) is 2.86. The highest BCUT2D eigenvalue weighted by molar-refractivity contribution is 7.99. The van der Waals surface area contributed by atoms with Gasteiger partial charge in [-0.15, -0.1) is 0 Å². The number of hydrogen-bond donors (Lipinski definition) is 2. The van der Waals surface area contributed by atoms with Gasteiger partial charge in [-0.2, -0.15) is 11.8 Å². The molecule has 0 saturated heterocycles. The number of hydrogen-bond acceptors (Lipinski definition) is 3. The fourth-order valence-corrected chi connectivity index (χ4v) is 3.69. The van der Waals surface area contributed by atoms with Gasteiger partial charge >= 0.3 is 5.97 Å². The van der Waals surface area contributed by atoms with Gasteiger partial charge < -0.3 is 10.4 Å². The fourth-order valence-electron chi connectivity index (χ4n) is 2.45. The molecule has 4 heteroatoms. The summed E-state index contributed by atoms with van der Waals surface area (Å²) in [7, 11) is 1.73. The van der Waals surface area contributed by atoms with Crippen molar-refractivity contribution in [1.82, 2.24) is 5.32 Å². The lowest BCUT2D eigenvalue weighted by atomic mass is 9.95. The Balaban J connectivity index is 2.02. The van der Waals surface area contributed by atoms with Gasteiger partial charge in [-0.1, -0.05) is 19.3 Å². The molecule has 0 aromatic heterocycles. The molecule has 18 heavy (non-hydrogen) atoms. The molecule has 1 fully saturated rings. The number of aliphatic carboxylic acids is 1. The quantitative estimate of drug-likeness (QED) is 0.634. The van der Waals surface area contributed by atoms with Gasteiger partial charge in [-0.3, -0.25) is 4.79 Å². The molecule has 1 aliphatic carbocycles. The third-order valence-electron chi connectivity index (χ3n) is 4.07. The summed E-state index contributed by atoms with van der Waals surface area (Å²) in [4.78, 5) is 11.1. The van der Waals surface area contributed by atoms with Crippen LogP contribution in [0, 0.1) is 5.92 Å². The van der Waals surface area contributed by atoms with Crippen LogP contribution in [0.5, 0.6) is 0 Å². The lowest BCUT2D eigenvalue weighted by Crippen LogP contribution is -2.47. The Morgan fingerprint density at radius 3 is 2.61 bits per heavy atom. The molecule has 0 bridgehead atoms. The van der Waals surface area contributed by atoms with Gasteiger partial charge in [-0.25, -0.2) is 0 Å². The molecule has 0 aliphatic heterocycles. The summed E-state index contributed by atoms with van der Waals surface area (Å²) in [6.07, 6.45) is 8.51. The molecule has 1 atom stereocenters. The summed E-state index contributed by atoms with van der Waals surface area (Å²) >= 11 is 2.05. The topological polar surface area (TPSA) is 49.3 Å². The normalized spacial score (nSPS) is 19.9. The van der Waals surface area contributed by atoms with Crippen molar-refractivity contribution in [2.45, 2.75) is 57.4 Å². The molecule has 3 nitrogen and oxygen atoms in total. The first kappa shape index (κ1) is 15.8. The van der Waals surface area contributed by atoms with Gasteiger partial charge in [0.1, 0.15) is 5.54 Å². The lowest BCUT2D eigenvalue weighted by Gasteiger charge is -2.23. The zero-order chi connectivity index (χ0) is 13.4. The zero-order valence-corrected chi connectivity index (χ0v) is 12.5. The van der Waals surface area contributed by atoms with Crippen LogP contribution in [-0.4, -0.2) is 35.2 Å². The maximum absolute atomic E-state index is 11.1. The largest absolute Gasteiger partial charge is 0.480 e. The van der Waals surface area contributed by atoms with Crippen molar-refractivity contribution in [3.8, 4) is 0 Å². The van der Waals surface area contributed by atoms with Gasteiger partial charge in [0, 0.05) is 0 Å². The Bertz CT molecular complexity index is 254. The first-order valence-electron chi connectivity index (χ1n) is 7.08. The van der Waals surface area contributed by atoms with Crippen molar-refractivity contribution in [2.75, 3.05) is 18.6 Å². The molecule has 0 radical (unpaired) electrons. The molecule has 1 rings (SSSR count). The minimum atomic E-state index is -0.754. The van der Waals surface area contributed by atoms with Crippen LogP contribution in [0.25, 0.3) is 0 Å². The highest BCUT2D eigenvalue weighted by Crippen LogP contribution is 2.28. The maximum Gasteiger partial charge on any atom is 0.323 e. The summed E-state index contributed by atoms with van der Waals surface area (Å²) in [5, 5.41) is 12.0. The minimum Gasteiger partial charge on any atom is -0.480 e. The van der Waals surface area contributed by atoms with E-state index in [0.717, 1.165) is 18.8 Å². The number of unbranched alkanes of at least 4 members (excludes halogenated alkanes) is 1. The van der Waals surface area contributed by atoms with Crippen molar-refractivity contribution >= 4 is 17.7 Å². The van der Waals surface area contributed by atoms with E-state index in [1.54, 1.807) is 14.0 Å². The molecular formula is C14H27NO2S. The predicted octanol–water partition coefficient (Wildman–Crippen LogP) is 3.14. The standard InChI is InChI=1S/C14H27NO2S/c1-14(15-2,13(16)17)9-5-6-10-18-11-12-7-3-4-8-12/h12,15H,3-11H2,1-2H3,(H,16,17). The Morgan fingerprint density at radius 1 is 1.39 bits per heavy atom. The monoisotopic (exact) mass is 273 g/mol. The molecule has 1 unspecified atom stereocenters. The second kappa shape index (κ2) is 8.05. The van der Waals surface area contributed by atoms with E-state index in [1.807, 2.05) is 11.8 Å². The van der Waals surface area contributed by atoms with Crippen molar-refractivity contribution in [1.29, 1.82) is 0 Å². The van der Waals surface area contributed by atoms with Crippen LogP contribution >= 0.6 is 11.8 Å². The molecular weight excluding hydrogens is 246 g/mol. The predicted molar refractivity (Wildman–Crippen MR) is 78.2 cm³/mol. The SMILES string of the molecule is CNC(C)(CCCCSCC1CCCC1)C(=O)O. The van der Waals surface area contributed by atoms with E-state index in [9.17, 15) is 4.79 Å². The molecule has 2 N–H and O–H groups in total. The number of nitrogens with one attached hydrogen (secondary N) is 1. The summed E-state index contributed by atoms with van der Waals surface area (Å²) < 4.78 is 0. The van der Waals surface area contributed by atoms with Crippen LogP contribution in [0.1, 0.15) is 51.9 Å². The van der Waals surface area contributed by atoms with Gasteiger partial charge in [0.15, 0.2) is 0 Å². The second-order valence-corrected chi connectivity index (χ2v) is 6.72. The summed E-state index contributed by atoms with van der Waals surface area (Å²) in [5.74, 6) is 2.69. The van der Waals surface area contributed by atoms with Crippen molar-refractivity contribution in [2.24, 2.45) is 5.92 Å². The second-order valence-electron chi connectivity index (χ2n) is 5.57. The van der Waals surface area contributed by atoms with Crippen molar-refractivity contribution in [3.05, 3.63) is 0 Å². The Labute approximate surface area is 115 Å². The highest BCUT2D eigenvalue weighted by atomic mass is 32.2. The maximum atomic E-state index is 11.1. The van der Waals surface area contributed by atoms with Crippen LogP contribution in [0.15, 0.2) is 0 Å². The van der Waals surface area contributed by atoms with Crippen LogP contribution in [0.4, 0.5) is 0 Å². The zero-order valence-electron chi connectivity index (χ0n) is 11.7. The summed E-state index contributed by atoms with van der Waals surface area (Å²) in [5.41, 5.74) is -0.754. The lowest BCUT2D eigenvalue weighted by molar-refractivity contribution is -0.144. The molecule has 1 saturated carbocycles. The number of carbonyl (C=O) groups is 1. The van der Waals surface area contributed by atoms with E-state index in [-0.39, 0.29) is 0 Å². The van der Waals surface area contributed by atoms with E-state index in [2.05, 4.69) is 5.32 Å². The van der Waals surface area contributed by atoms with Crippen molar-refractivity contribution in [3.63, 3.8) is 0 Å². The molecule has 0 spiro atoms. The number of thioether (sulfide) groups is 1. The Hall–Kier alpha value is -0.220. The van der Waals surface area contributed by atoms with E-state index >= 15 is 0 Å². The summed E-state index contributed by atoms with van der Waals surface area (Å²) in [6, 6.07) is 0. The first-order valence-corrected chi connectivity index (χ1v) is 8.24. The molecule has 106 valence electrons. The van der Waals surface area contributed by atoms with E-state index in [0.29, 0.717) is 6.42 Å². The van der Waals surface area contributed by atoms with Crippen LogP contribution in [-0.2, 0) is 4.79 Å².